The summed E-state index contributed by atoms with van der Waals surface area (Å²) in [5.41, 5.74) is 32.5. The lowest BCUT2D eigenvalue weighted by atomic mass is 10.00. The Morgan fingerprint density at radius 3 is 0.921 bits per heavy atom. The molecule has 0 atom stereocenters. The van der Waals surface area contributed by atoms with Crippen LogP contribution in [0.3, 0.4) is 0 Å². The van der Waals surface area contributed by atoms with E-state index in [1.54, 1.807) is 14.2 Å². The summed E-state index contributed by atoms with van der Waals surface area (Å²) < 4.78 is 10.4. The van der Waals surface area contributed by atoms with Gasteiger partial charge in [-0.3, -0.25) is 0 Å². The third-order valence-corrected chi connectivity index (χ3v) is 6.17. The molecule has 5 aromatic rings. The van der Waals surface area contributed by atoms with Crippen LogP contribution in [0.15, 0.2) is 109 Å². The van der Waals surface area contributed by atoms with Crippen LogP contribution in [0.25, 0.3) is 33.4 Å². The normalized spacial score (nSPS) is 10.3. The van der Waals surface area contributed by atoms with Gasteiger partial charge in [0, 0.05) is 11.4 Å². The Morgan fingerprint density at radius 2 is 0.632 bits per heavy atom. The molecular weight excluding hydrogens is 472 g/mol. The van der Waals surface area contributed by atoms with Crippen molar-refractivity contribution in [3.8, 4) is 44.9 Å². The highest BCUT2D eigenvalue weighted by Gasteiger charge is 2.06. The maximum atomic E-state index is 5.79. The summed E-state index contributed by atoms with van der Waals surface area (Å²) >= 11 is 0. The first-order valence-electron chi connectivity index (χ1n) is 12.1. The number of hydrogen-bond donors (Lipinski definition) is 4. The zero-order chi connectivity index (χ0) is 27.1. The van der Waals surface area contributed by atoms with Gasteiger partial charge in [0.15, 0.2) is 0 Å². The van der Waals surface area contributed by atoms with Crippen molar-refractivity contribution in [1.82, 2.24) is 0 Å². The molecule has 6 heteroatoms. The average molecular weight is 505 g/mol. The number of methoxy groups -OCH3 is 2. The van der Waals surface area contributed by atoms with Crippen molar-refractivity contribution in [3.05, 3.63) is 109 Å². The number of nitrogen functional groups attached to an aromatic ring is 4. The fourth-order valence-electron chi connectivity index (χ4n) is 3.99. The third kappa shape index (κ3) is 6.17. The Morgan fingerprint density at radius 1 is 0.368 bits per heavy atom. The molecule has 6 nitrogen and oxygen atoms in total. The zero-order valence-corrected chi connectivity index (χ0v) is 21.5. The first-order valence-corrected chi connectivity index (χ1v) is 12.1. The van der Waals surface area contributed by atoms with E-state index in [9.17, 15) is 0 Å². The lowest BCUT2D eigenvalue weighted by molar-refractivity contribution is 0.416. The quantitative estimate of drug-likeness (QED) is 0.197. The highest BCUT2D eigenvalue weighted by atomic mass is 16.5. The Hall–Kier alpha value is -5.10. The van der Waals surface area contributed by atoms with Crippen LogP contribution < -0.4 is 32.4 Å². The summed E-state index contributed by atoms with van der Waals surface area (Å²) in [5, 5.41) is 0. The van der Waals surface area contributed by atoms with Crippen molar-refractivity contribution < 1.29 is 9.47 Å². The lowest BCUT2D eigenvalue weighted by Crippen LogP contribution is -1.94. The maximum absolute atomic E-state index is 5.79. The predicted octanol–water partition coefficient (Wildman–Crippen LogP) is 6.72. The molecule has 0 unspecified atom stereocenters. The Balaban J connectivity index is 0.000000178. The summed E-state index contributed by atoms with van der Waals surface area (Å²) in [5.74, 6) is 1.31. The van der Waals surface area contributed by atoms with Crippen LogP contribution in [-0.4, -0.2) is 14.2 Å². The summed E-state index contributed by atoms with van der Waals surface area (Å²) in [6.07, 6.45) is 0. The van der Waals surface area contributed by atoms with E-state index in [-0.39, 0.29) is 0 Å². The van der Waals surface area contributed by atoms with E-state index in [1.165, 1.54) is 22.3 Å². The largest absolute Gasteiger partial charge is 0.495 e. The van der Waals surface area contributed by atoms with Gasteiger partial charge >= 0.3 is 0 Å². The van der Waals surface area contributed by atoms with Crippen LogP contribution in [0.5, 0.6) is 11.5 Å². The molecule has 0 radical (unpaired) electrons. The number of benzene rings is 5. The molecule has 0 fully saturated rings. The van der Waals surface area contributed by atoms with Gasteiger partial charge in [0.05, 0.1) is 25.6 Å². The van der Waals surface area contributed by atoms with Crippen molar-refractivity contribution in [2.45, 2.75) is 0 Å². The molecule has 0 saturated heterocycles. The summed E-state index contributed by atoms with van der Waals surface area (Å²) in [7, 11) is 3.19. The Bertz CT molecular complexity index is 1380. The zero-order valence-electron chi connectivity index (χ0n) is 21.5. The standard InChI is InChI=1S/C18H16N2.C14H16N2O2/c19-17-9-5-15(6-10-17)13-1-2-14(4-3-13)16-7-11-18(20)12-8-16;1-17-13-7-9(3-5-11(13)15)10-4-6-12(16)14(8-10)18-2/h1-12H,19-20H2;3-8H,15-16H2,1-2H3. The van der Waals surface area contributed by atoms with E-state index in [0.29, 0.717) is 22.9 Å². The highest BCUT2D eigenvalue weighted by Crippen LogP contribution is 2.32. The van der Waals surface area contributed by atoms with Gasteiger partial charge < -0.3 is 32.4 Å². The molecule has 0 saturated carbocycles. The molecule has 8 N–H and O–H groups in total. The molecule has 0 aliphatic rings. The molecule has 0 spiro atoms. The van der Waals surface area contributed by atoms with Gasteiger partial charge in [-0.1, -0.05) is 60.7 Å². The molecule has 0 bridgehead atoms. The molecule has 5 aromatic carbocycles. The molecular formula is C32H32N4O2. The van der Waals surface area contributed by atoms with E-state index >= 15 is 0 Å². The van der Waals surface area contributed by atoms with Crippen LogP contribution in [0.1, 0.15) is 0 Å². The number of anilines is 4. The van der Waals surface area contributed by atoms with E-state index in [1.807, 2.05) is 84.9 Å². The lowest BCUT2D eigenvalue weighted by Gasteiger charge is -2.10. The minimum absolute atomic E-state index is 0.615. The number of hydrogen-bond acceptors (Lipinski definition) is 6. The maximum Gasteiger partial charge on any atom is 0.142 e. The molecule has 5 rings (SSSR count). The highest BCUT2D eigenvalue weighted by molar-refractivity contribution is 5.74. The van der Waals surface area contributed by atoms with Gasteiger partial charge in [0.25, 0.3) is 0 Å². The molecule has 0 heterocycles. The minimum Gasteiger partial charge on any atom is -0.495 e. The first-order chi connectivity index (χ1) is 18.4. The average Bonchev–Trinajstić information content (AvgIpc) is 2.95. The van der Waals surface area contributed by atoms with Gasteiger partial charge in [-0.15, -0.1) is 0 Å². The number of rotatable bonds is 5. The van der Waals surface area contributed by atoms with E-state index in [4.69, 9.17) is 32.4 Å². The molecule has 0 aliphatic carbocycles. The number of nitrogens with two attached hydrogens (primary N) is 4. The molecule has 0 amide bonds. The Kier molecular flexibility index (Phi) is 8.04. The second-order valence-corrected chi connectivity index (χ2v) is 8.73. The second kappa shape index (κ2) is 11.8. The van der Waals surface area contributed by atoms with Crippen molar-refractivity contribution in [2.24, 2.45) is 0 Å². The van der Waals surface area contributed by atoms with Crippen molar-refractivity contribution in [2.75, 3.05) is 37.2 Å². The van der Waals surface area contributed by atoms with Gasteiger partial charge in [-0.2, -0.15) is 0 Å². The fraction of sp³-hybridized carbons (Fsp3) is 0.0625. The molecule has 0 aliphatic heterocycles. The number of ether oxygens (including phenoxy) is 2. The van der Waals surface area contributed by atoms with Crippen LogP contribution in [0, 0.1) is 0 Å². The molecule has 38 heavy (non-hydrogen) atoms. The van der Waals surface area contributed by atoms with Crippen molar-refractivity contribution >= 4 is 22.7 Å². The van der Waals surface area contributed by atoms with Crippen LogP contribution in [0.4, 0.5) is 22.7 Å². The first kappa shape index (κ1) is 26.0. The molecule has 192 valence electrons. The van der Waals surface area contributed by atoms with E-state index < -0.39 is 0 Å². The van der Waals surface area contributed by atoms with Gasteiger partial charge in [-0.05, 0) is 81.9 Å². The van der Waals surface area contributed by atoms with Crippen molar-refractivity contribution in [1.29, 1.82) is 0 Å². The van der Waals surface area contributed by atoms with E-state index in [0.717, 1.165) is 22.5 Å². The SMILES string of the molecule is COc1cc(-c2ccc(N)c(OC)c2)ccc1N.Nc1ccc(-c2ccc(-c3ccc(N)cc3)cc2)cc1. The molecule has 0 aromatic heterocycles. The van der Waals surface area contributed by atoms with E-state index in [2.05, 4.69) is 24.3 Å². The topological polar surface area (TPSA) is 123 Å². The minimum atomic E-state index is 0.615. The van der Waals surface area contributed by atoms with Crippen LogP contribution in [-0.2, 0) is 0 Å². The van der Waals surface area contributed by atoms with Crippen LogP contribution in [0.2, 0.25) is 0 Å². The monoisotopic (exact) mass is 504 g/mol. The summed E-state index contributed by atoms with van der Waals surface area (Å²) in [6, 6.07) is 35.6. The van der Waals surface area contributed by atoms with Crippen molar-refractivity contribution in [3.63, 3.8) is 0 Å². The van der Waals surface area contributed by atoms with Gasteiger partial charge in [-0.25, -0.2) is 0 Å². The van der Waals surface area contributed by atoms with Gasteiger partial charge in [0.2, 0.25) is 0 Å². The predicted molar refractivity (Wildman–Crippen MR) is 160 cm³/mol. The Labute approximate surface area is 223 Å². The summed E-state index contributed by atoms with van der Waals surface area (Å²) in [6.45, 7) is 0. The summed E-state index contributed by atoms with van der Waals surface area (Å²) in [4.78, 5) is 0. The second-order valence-electron chi connectivity index (χ2n) is 8.73. The van der Waals surface area contributed by atoms with Crippen LogP contribution >= 0.6 is 0 Å². The third-order valence-electron chi connectivity index (χ3n) is 6.17. The fourth-order valence-corrected chi connectivity index (χ4v) is 3.99. The smallest absolute Gasteiger partial charge is 0.142 e. The van der Waals surface area contributed by atoms with Gasteiger partial charge in [0.1, 0.15) is 11.5 Å².